The number of ether oxygens (including phenoxy) is 1. The van der Waals surface area contributed by atoms with E-state index in [4.69, 9.17) is 4.74 Å². The zero-order valence-electron chi connectivity index (χ0n) is 16.6. The van der Waals surface area contributed by atoms with Crippen LogP contribution in [0.5, 0.6) is 5.75 Å². The van der Waals surface area contributed by atoms with E-state index < -0.39 is 5.54 Å². The standard InChI is InChI=1S/C19H25N5O2S/c1-13(2)24-17(14-7-9-15(26-6)10-8-14)21-22-18(24)27-11-16(25)23(5)19(3,4)12-20/h7-10,13H,11H2,1-6H3. The summed E-state index contributed by atoms with van der Waals surface area (Å²) in [5.74, 6) is 1.58. The van der Waals surface area contributed by atoms with Crippen molar-refractivity contribution in [3.05, 3.63) is 24.3 Å². The average molecular weight is 388 g/mol. The maximum absolute atomic E-state index is 12.4. The summed E-state index contributed by atoms with van der Waals surface area (Å²) >= 11 is 1.33. The minimum Gasteiger partial charge on any atom is -0.497 e. The lowest BCUT2D eigenvalue weighted by molar-refractivity contribution is -0.130. The van der Waals surface area contributed by atoms with E-state index in [0.29, 0.717) is 5.16 Å². The Morgan fingerprint density at radius 1 is 1.33 bits per heavy atom. The Balaban J connectivity index is 2.22. The van der Waals surface area contributed by atoms with Crippen molar-refractivity contribution in [1.82, 2.24) is 19.7 Å². The number of thioether (sulfide) groups is 1. The Morgan fingerprint density at radius 2 is 1.96 bits per heavy atom. The molecule has 2 aromatic rings. The molecule has 1 amide bonds. The average Bonchev–Trinajstić information content (AvgIpc) is 3.09. The van der Waals surface area contributed by atoms with Crippen LogP contribution >= 0.6 is 11.8 Å². The number of carbonyl (C=O) groups is 1. The Kier molecular flexibility index (Phi) is 6.50. The van der Waals surface area contributed by atoms with Crippen molar-refractivity contribution < 1.29 is 9.53 Å². The smallest absolute Gasteiger partial charge is 0.234 e. The highest BCUT2D eigenvalue weighted by atomic mass is 32.2. The van der Waals surface area contributed by atoms with Gasteiger partial charge in [-0.15, -0.1) is 10.2 Å². The fourth-order valence-electron chi connectivity index (χ4n) is 2.39. The highest BCUT2D eigenvalue weighted by Crippen LogP contribution is 2.29. The highest BCUT2D eigenvalue weighted by molar-refractivity contribution is 7.99. The summed E-state index contributed by atoms with van der Waals surface area (Å²) in [7, 11) is 3.27. The first-order chi connectivity index (χ1) is 12.7. The predicted octanol–water partition coefficient (Wildman–Crippen LogP) is 3.39. The lowest BCUT2D eigenvalue weighted by Gasteiger charge is -2.29. The minimum atomic E-state index is -0.850. The molecular weight excluding hydrogens is 362 g/mol. The third kappa shape index (κ3) is 4.61. The van der Waals surface area contributed by atoms with Gasteiger partial charge in [-0.05, 0) is 52.0 Å². The number of nitriles is 1. The van der Waals surface area contributed by atoms with Crippen LogP contribution in [0.4, 0.5) is 0 Å². The van der Waals surface area contributed by atoms with Gasteiger partial charge in [-0.1, -0.05) is 11.8 Å². The molecule has 1 heterocycles. The maximum Gasteiger partial charge on any atom is 0.234 e. The molecule has 0 N–H and O–H groups in total. The van der Waals surface area contributed by atoms with Crippen LogP contribution in [0.25, 0.3) is 11.4 Å². The fraction of sp³-hybridized carbons (Fsp3) is 0.474. The van der Waals surface area contributed by atoms with Gasteiger partial charge in [0.2, 0.25) is 5.91 Å². The molecule has 8 heteroatoms. The van der Waals surface area contributed by atoms with Gasteiger partial charge in [0.25, 0.3) is 0 Å². The van der Waals surface area contributed by atoms with Crippen LogP contribution in [0.3, 0.4) is 0 Å². The van der Waals surface area contributed by atoms with Crippen LogP contribution < -0.4 is 4.74 Å². The molecule has 1 aromatic carbocycles. The Bertz CT molecular complexity index is 837. The number of hydrogen-bond donors (Lipinski definition) is 0. The summed E-state index contributed by atoms with van der Waals surface area (Å²) in [5.41, 5.74) is 0.0790. The quantitative estimate of drug-likeness (QED) is 0.677. The van der Waals surface area contributed by atoms with E-state index in [-0.39, 0.29) is 17.7 Å². The van der Waals surface area contributed by atoms with Crippen molar-refractivity contribution in [2.24, 2.45) is 0 Å². The topological polar surface area (TPSA) is 84.0 Å². The first-order valence-corrected chi connectivity index (χ1v) is 9.60. The zero-order chi connectivity index (χ0) is 20.2. The predicted molar refractivity (Wildman–Crippen MR) is 106 cm³/mol. The van der Waals surface area contributed by atoms with Crippen molar-refractivity contribution in [1.29, 1.82) is 5.26 Å². The Labute approximate surface area is 164 Å². The van der Waals surface area contributed by atoms with Crippen LogP contribution in [0.1, 0.15) is 33.7 Å². The van der Waals surface area contributed by atoms with Crippen molar-refractivity contribution >= 4 is 17.7 Å². The number of methoxy groups -OCH3 is 1. The minimum absolute atomic E-state index is 0.128. The van der Waals surface area contributed by atoms with Crippen molar-refractivity contribution in [3.8, 4) is 23.2 Å². The molecule has 0 fully saturated rings. The second-order valence-corrected chi connectivity index (χ2v) is 7.85. The molecule has 0 saturated carbocycles. The van der Waals surface area contributed by atoms with Gasteiger partial charge in [0.05, 0.1) is 18.9 Å². The summed E-state index contributed by atoms with van der Waals surface area (Å²) in [5, 5.41) is 18.5. The van der Waals surface area contributed by atoms with E-state index in [9.17, 15) is 10.1 Å². The summed E-state index contributed by atoms with van der Waals surface area (Å²) in [6, 6.07) is 9.89. The summed E-state index contributed by atoms with van der Waals surface area (Å²) in [6.07, 6.45) is 0. The highest BCUT2D eigenvalue weighted by Gasteiger charge is 2.28. The van der Waals surface area contributed by atoms with Crippen LogP contribution in [0.2, 0.25) is 0 Å². The molecule has 0 radical (unpaired) electrons. The largest absolute Gasteiger partial charge is 0.497 e. The number of rotatable bonds is 7. The molecule has 0 aliphatic carbocycles. The summed E-state index contributed by atoms with van der Waals surface area (Å²) in [4.78, 5) is 13.9. The van der Waals surface area contributed by atoms with Gasteiger partial charge < -0.3 is 9.64 Å². The lowest BCUT2D eigenvalue weighted by Crippen LogP contribution is -2.44. The molecule has 27 heavy (non-hydrogen) atoms. The maximum atomic E-state index is 12.4. The first kappa shape index (κ1) is 20.8. The van der Waals surface area contributed by atoms with Gasteiger partial charge in [-0.25, -0.2) is 0 Å². The van der Waals surface area contributed by atoms with Crippen molar-refractivity contribution in [2.45, 2.75) is 44.4 Å². The van der Waals surface area contributed by atoms with Gasteiger partial charge in [0, 0.05) is 18.7 Å². The van der Waals surface area contributed by atoms with Gasteiger partial charge >= 0.3 is 0 Å². The number of carbonyl (C=O) groups excluding carboxylic acids is 1. The number of hydrogen-bond acceptors (Lipinski definition) is 6. The normalized spacial score (nSPS) is 11.3. The molecule has 2 rings (SSSR count). The van der Waals surface area contributed by atoms with Crippen LogP contribution in [0.15, 0.2) is 29.4 Å². The molecule has 0 bridgehead atoms. The Hall–Kier alpha value is -2.53. The third-order valence-corrected chi connectivity index (χ3v) is 5.27. The van der Waals surface area contributed by atoms with E-state index in [1.54, 1.807) is 28.0 Å². The SMILES string of the molecule is COc1ccc(-c2nnc(SCC(=O)N(C)C(C)(C)C#N)n2C(C)C)cc1. The molecule has 0 aliphatic heterocycles. The number of amides is 1. The van der Waals surface area contributed by atoms with E-state index in [0.717, 1.165) is 17.1 Å². The number of benzene rings is 1. The van der Waals surface area contributed by atoms with Gasteiger partial charge in [0.1, 0.15) is 11.3 Å². The second-order valence-electron chi connectivity index (χ2n) is 6.91. The van der Waals surface area contributed by atoms with Crippen LogP contribution in [-0.2, 0) is 4.79 Å². The van der Waals surface area contributed by atoms with Gasteiger partial charge in [-0.2, -0.15) is 5.26 Å². The van der Waals surface area contributed by atoms with E-state index in [2.05, 4.69) is 16.3 Å². The molecule has 0 saturated heterocycles. The Morgan fingerprint density at radius 3 is 2.48 bits per heavy atom. The van der Waals surface area contributed by atoms with Crippen LogP contribution in [0, 0.1) is 11.3 Å². The molecule has 0 spiro atoms. The number of aromatic nitrogens is 3. The number of nitrogens with zero attached hydrogens (tertiary/aromatic N) is 5. The van der Waals surface area contributed by atoms with Gasteiger partial charge in [0.15, 0.2) is 11.0 Å². The first-order valence-electron chi connectivity index (χ1n) is 8.61. The summed E-state index contributed by atoms with van der Waals surface area (Å²) in [6.45, 7) is 7.53. The molecule has 144 valence electrons. The summed E-state index contributed by atoms with van der Waals surface area (Å²) < 4.78 is 7.21. The fourth-order valence-corrected chi connectivity index (χ4v) is 3.37. The third-order valence-electron chi connectivity index (χ3n) is 4.34. The molecule has 7 nitrogen and oxygen atoms in total. The van der Waals surface area contributed by atoms with Crippen LogP contribution in [-0.4, -0.2) is 51.0 Å². The molecule has 0 aliphatic rings. The molecule has 0 atom stereocenters. The van der Waals surface area contributed by atoms with E-state index in [1.807, 2.05) is 42.7 Å². The van der Waals surface area contributed by atoms with E-state index >= 15 is 0 Å². The zero-order valence-corrected chi connectivity index (χ0v) is 17.4. The van der Waals surface area contributed by atoms with Gasteiger partial charge in [-0.3, -0.25) is 9.36 Å². The second kappa shape index (κ2) is 8.44. The molecular formula is C19H25N5O2S. The molecule has 0 unspecified atom stereocenters. The molecule has 1 aromatic heterocycles. The lowest BCUT2D eigenvalue weighted by atomic mass is 10.1. The van der Waals surface area contributed by atoms with Crippen molar-refractivity contribution in [3.63, 3.8) is 0 Å². The van der Waals surface area contributed by atoms with Crippen molar-refractivity contribution in [2.75, 3.05) is 19.9 Å². The monoisotopic (exact) mass is 387 g/mol. The van der Waals surface area contributed by atoms with E-state index in [1.165, 1.54) is 16.7 Å².